The van der Waals surface area contributed by atoms with Crippen molar-refractivity contribution in [1.29, 1.82) is 0 Å². The molecule has 1 aromatic carbocycles. The first-order valence-corrected chi connectivity index (χ1v) is 9.50. The standard InChI is InChI=1S/C20H25N5O2/c1-15-12-16-4-2-3-5-18(16)25(15)20(26)17-13-23-19(14-22-17)21-6-7-24-8-10-27-11-9-24/h2-5,13-15H,6-12H2,1H3,(H,21,23). The Labute approximate surface area is 159 Å². The fraction of sp³-hybridized carbons (Fsp3) is 0.450. The van der Waals surface area contributed by atoms with Crippen molar-refractivity contribution in [3.8, 4) is 0 Å². The van der Waals surface area contributed by atoms with E-state index >= 15 is 0 Å². The molecule has 1 aromatic heterocycles. The third-order valence-corrected chi connectivity index (χ3v) is 5.13. The molecule has 0 aliphatic carbocycles. The van der Waals surface area contributed by atoms with Gasteiger partial charge in [0.2, 0.25) is 0 Å². The fourth-order valence-electron chi connectivity index (χ4n) is 3.70. The van der Waals surface area contributed by atoms with Crippen LogP contribution >= 0.6 is 0 Å². The number of carbonyl (C=O) groups is 1. The van der Waals surface area contributed by atoms with Crippen LogP contribution in [0.25, 0.3) is 0 Å². The summed E-state index contributed by atoms with van der Waals surface area (Å²) in [6.45, 7) is 7.33. The van der Waals surface area contributed by atoms with Crippen LogP contribution in [0, 0.1) is 0 Å². The van der Waals surface area contributed by atoms with Crippen molar-refractivity contribution >= 4 is 17.4 Å². The van der Waals surface area contributed by atoms with Crippen LogP contribution in [0.2, 0.25) is 0 Å². The zero-order chi connectivity index (χ0) is 18.6. The van der Waals surface area contributed by atoms with Crippen LogP contribution in [0.4, 0.5) is 11.5 Å². The Morgan fingerprint density at radius 3 is 2.81 bits per heavy atom. The zero-order valence-corrected chi connectivity index (χ0v) is 15.6. The van der Waals surface area contributed by atoms with E-state index in [1.807, 2.05) is 23.1 Å². The molecule has 7 nitrogen and oxygen atoms in total. The van der Waals surface area contributed by atoms with Gasteiger partial charge in [0.15, 0.2) is 0 Å². The molecule has 1 N–H and O–H groups in total. The minimum Gasteiger partial charge on any atom is -0.379 e. The van der Waals surface area contributed by atoms with Crippen molar-refractivity contribution < 1.29 is 9.53 Å². The van der Waals surface area contributed by atoms with Crippen LogP contribution in [0.5, 0.6) is 0 Å². The third-order valence-electron chi connectivity index (χ3n) is 5.13. The molecule has 1 unspecified atom stereocenters. The summed E-state index contributed by atoms with van der Waals surface area (Å²) in [7, 11) is 0. The molecule has 3 heterocycles. The molecule has 0 saturated carbocycles. The summed E-state index contributed by atoms with van der Waals surface area (Å²) in [5.74, 6) is 0.592. The predicted octanol–water partition coefficient (Wildman–Crippen LogP) is 1.81. The van der Waals surface area contributed by atoms with Crippen molar-refractivity contribution in [3.05, 3.63) is 47.9 Å². The largest absolute Gasteiger partial charge is 0.379 e. The summed E-state index contributed by atoms with van der Waals surface area (Å²) >= 11 is 0. The van der Waals surface area contributed by atoms with Gasteiger partial charge in [0.1, 0.15) is 11.5 Å². The van der Waals surface area contributed by atoms with Crippen LogP contribution in [-0.2, 0) is 11.2 Å². The molecule has 0 spiro atoms. The van der Waals surface area contributed by atoms with Gasteiger partial charge in [-0.2, -0.15) is 0 Å². The number of carbonyl (C=O) groups excluding carboxylic acids is 1. The van der Waals surface area contributed by atoms with E-state index in [0.717, 1.165) is 51.5 Å². The normalized spacial score (nSPS) is 19.7. The summed E-state index contributed by atoms with van der Waals surface area (Å²) in [6.07, 6.45) is 4.07. The Bertz CT molecular complexity index is 789. The molecule has 27 heavy (non-hydrogen) atoms. The van der Waals surface area contributed by atoms with Crippen molar-refractivity contribution in [2.75, 3.05) is 49.6 Å². The molecule has 1 atom stereocenters. The van der Waals surface area contributed by atoms with E-state index < -0.39 is 0 Å². The van der Waals surface area contributed by atoms with Gasteiger partial charge in [-0.1, -0.05) is 18.2 Å². The third kappa shape index (κ3) is 3.94. The summed E-state index contributed by atoms with van der Waals surface area (Å²) in [5.41, 5.74) is 2.55. The van der Waals surface area contributed by atoms with E-state index in [0.29, 0.717) is 11.5 Å². The summed E-state index contributed by atoms with van der Waals surface area (Å²) in [4.78, 5) is 25.8. The molecule has 2 aromatic rings. The smallest absolute Gasteiger partial charge is 0.278 e. The molecule has 7 heteroatoms. The summed E-state index contributed by atoms with van der Waals surface area (Å²) in [6, 6.07) is 8.17. The van der Waals surface area contributed by atoms with Gasteiger partial charge < -0.3 is 15.0 Å². The molecule has 4 rings (SSSR count). The van der Waals surface area contributed by atoms with Gasteiger partial charge >= 0.3 is 0 Å². The van der Waals surface area contributed by atoms with E-state index in [-0.39, 0.29) is 11.9 Å². The molecule has 2 aliphatic heterocycles. The van der Waals surface area contributed by atoms with Gasteiger partial charge in [0.05, 0.1) is 25.6 Å². The van der Waals surface area contributed by atoms with Crippen molar-refractivity contribution in [2.45, 2.75) is 19.4 Å². The second-order valence-electron chi connectivity index (χ2n) is 7.02. The van der Waals surface area contributed by atoms with Gasteiger partial charge in [0.25, 0.3) is 5.91 Å². The van der Waals surface area contributed by atoms with Crippen molar-refractivity contribution in [3.63, 3.8) is 0 Å². The highest BCUT2D eigenvalue weighted by atomic mass is 16.5. The second-order valence-corrected chi connectivity index (χ2v) is 7.02. The molecule has 0 bridgehead atoms. The van der Waals surface area contributed by atoms with Gasteiger partial charge in [-0.05, 0) is 25.0 Å². The lowest BCUT2D eigenvalue weighted by atomic mass is 10.1. The van der Waals surface area contributed by atoms with Gasteiger partial charge in [0, 0.05) is 37.9 Å². The number of benzene rings is 1. The number of aromatic nitrogens is 2. The minimum absolute atomic E-state index is 0.0974. The maximum Gasteiger partial charge on any atom is 0.278 e. The highest BCUT2D eigenvalue weighted by molar-refractivity contribution is 6.06. The predicted molar refractivity (Wildman–Crippen MR) is 104 cm³/mol. The number of morpholine rings is 1. The maximum atomic E-state index is 12.9. The molecule has 1 saturated heterocycles. The Morgan fingerprint density at radius 2 is 2.04 bits per heavy atom. The van der Waals surface area contributed by atoms with Gasteiger partial charge in [-0.3, -0.25) is 9.69 Å². The highest BCUT2D eigenvalue weighted by Gasteiger charge is 2.31. The number of ether oxygens (including phenoxy) is 1. The van der Waals surface area contributed by atoms with Crippen molar-refractivity contribution in [1.82, 2.24) is 14.9 Å². The number of fused-ring (bicyclic) bond motifs is 1. The first-order valence-electron chi connectivity index (χ1n) is 9.50. The average Bonchev–Trinajstić information content (AvgIpc) is 3.04. The lowest BCUT2D eigenvalue weighted by molar-refractivity contribution is 0.0398. The lowest BCUT2D eigenvalue weighted by Gasteiger charge is -2.26. The number of anilines is 2. The van der Waals surface area contributed by atoms with Crippen LogP contribution in [0.15, 0.2) is 36.7 Å². The number of nitrogens with zero attached hydrogens (tertiary/aromatic N) is 4. The van der Waals surface area contributed by atoms with Crippen molar-refractivity contribution in [2.24, 2.45) is 0 Å². The first-order chi connectivity index (χ1) is 13.2. The number of rotatable bonds is 5. The Morgan fingerprint density at radius 1 is 1.22 bits per heavy atom. The van der Waals surface area contributed by atoms with E-state index in [1.54, 1.807) is 12.4 Å². The summed E-state index contributed by atoms with van der Waals surface area (Å²) in [5, 5.41) is 3.27. The maximum absolute atomic E-state index is 12.9. The van der Waals surface area contributed by atoms with E-state index in [1.165, 1.54) is 5.56 Å². The number of hydrogen-bond acceptors (Lipinski definition) is 6. The Hall–Kier alpha value is -2.51. The zero-order valence-electron chi connectivity index (χ0n) is 15.6. The topological polar surface area (TPSA) is 70.6 Å². The minimum atomic E-state index is -0.0974. The molecule has 2 aliphatic rings. The highest BCUT2D eigenvalue weighted by Crippen LogP contribution is 2.32. The van der Waals surface area contributed by atoms with Crippen LogP contribution < -0.4 is 10.2 Å². The fourth-order valence-corrected chi connectivity index (χ4v) is 3.70. The van der Waals surface area contributed by atoms with E-state index in [4.69, 9.17) is 4.74 Å². The van der Waals surface area contributed by atoms with E-state index in [9.17, 15) is 4.79 Å². The number of nitrogens with one attached hydrogen (secondary N) is 1. The monoisotopic (exact) mass is 367 g/mol. The van der Waals surface area contributed by atoms with E-state index in [2.05, 4.69) is 33.2 Å². The van der Waals surface area contributed by atoms with Gasteiger partial charge in [-0.25, -0.2) is 9.97 Å². The summed E-state index contributed by atoms with van der Waals surface area (Å²) < 4.78 is 5.35. The average molecular weight is 367 g/mol. The number of hydrogen-bond donors (Lipinski definition) is 1. The molecule has 142 valence electrons. The number of para-hydroxylation sites is 1. The Balaban J connectivity index is 1.36. The first kappa shape index (κ1) is 17.9. The Kier molecular flexibility index (Phi) is 5.31. The molecular weight excluding hydrogens is 342 g/mol. The molecule has 1 fully saturated rings. The second kappa shape index (κ2) is 8.02. The number of amides is 1. The molecular formula is C20H25N5O2. The van der Waals surface area contributed by atoms with Crippen LogP contribution in [-0.4, -0.2) is 66.2 Å². The molecule has 1 amide bonds. The quantitative estimate of drug-likeness (QED) is 0.869. The van der Waals surface area contributed by atoms with Crippen LogP contribution in [0.1, 0.15) is 23.0 Å². The lowest BCUT2D eigenvalue weighted by Crippen LogP contribution is -2.39. The van der Waals surface area contributed by atoms with Crippen LogP contribution in [0.3, 0.4) is 0 Å². The van der Waals surface area contributed by atoms with Gasteiger partial charge in [-0.15, -0.1) is 0 Å². The molecule has 0 radical (unpaired) electrons. The SMILES string of the molecule is CC1Cc2ccccc2N1C(=O)c1cnc(NCCN2CCOCC2)cn1.